The predicted octanol–water partition coefficient (Wildman–Crippen LogP) is 7.17. The Bertz CT molecular complexity index is 1920. The highest BCUT2D eigenvalue weighted by molar-refractivity contribution is 8.00. The first-order chi connectivity index (χ1) is 22.2. The molecule has 0 spiro atoms. The average Bonchev–Trinajstić information content (AvgIpc) is 3.53. The minimum absolute atomic E-state index is 0.0351. The number of aryl methyl sites for hydroxylation is 1. The summed E-state index contributed by atoms with van der Waals surface area (Å²) in [5.41, 5.74) is 3.89. The third-order valence-corrected chi connectivity index (χ3v) is 8.24. The van der Waals surface area contributed by atoms with Crippen LogP contribution in [-0.2, 0) is 9.59 Å². The van der Waals surface area contributed by atoms with Crippen molar-refractivity contribution in [3.63, 3.8) is 0 Å². The van der Waals surface area contributed by atoms with E-state index in [4.69, 9.17) is 0 Å². The molecule has 4 aromatic carbocycles. The Kier molecular flexibility index (Phi) is 10.3. The Morgan fingerprint density at radius 1 is 0.913 bits per heavy atom. The molecular formula is C34H27N5O5S2. The Morgan fingerprint density at radius 2 is 1.67 bits per heavy atom. The first kappa shape index (κ1) is 31.8. The van der Waals surface area contributed by atoms with Crippen LogP contribution in [-0.4, -0.2) is 33.4 Å². The molecule has 46 heavy (non-hydrogen) atoms. The molecule has 3 N–H and O–H groups in total. The number of carbonyl (C=O) groups excluding carboxylic acids is 3. The fourth-order valence-electron chi connectivity index (χ4n) is 4.25. The van der Waals surface area contributed by atoms with Gasteiger partial charge in [-0.05, 0) is 55.0 Å². The van der Waals surface area contributed by atoms with Gasteiger partial charge >= 0.3 is 0 Å². The zero-order valence-corrected chi connectivity index (χ0v) is 26.1. The second kappa shape index (κ2) is 14.9. The number of non-ortho nitro benzene ring substituents is 1. The predicted molar refractivity (Wildman–Crippen MR) is 182 cm³/mol. The van der Waals surface area contributed by atoms with E-state index in [0.29, 0.717) is 27.6 Å². The maximum absolute atomic E-state index is 13.3. The van der Waals surface area contributed by atoms with Gasteiger partial charge in [0.2, 0.25) is 5.91 Å². The van der Waals surface area contributed by atoms with Crippen LogP contribution >= 0.6 is 23.1 Å². The summed E-state index contributed by atoms with van der Waals surface area (Å²) in [6, 6.07) is 29.4. The number of thiazole rings is 1. The van der Waals surface area contributed by atoms with Crippen molar-refractivity contribution >= 4 is 63.4 Å². The van der Waals surface area contributed by atoms with E-state index in [1.54, 1.807) is 72.1 Å². The number of aromatic nitrogens is 1. The number of anilines is 2. The largest absolute Gasteiger partial charge is 0.321 e. The summed E-state index contributed by atoms with van der Waals surface area (Å²) < 4.78 is 0. The van der Waals surface area contributed by atoms with E-state index < -0.39 is 16.7 Å². The summed E-state index contributed by atoms with van der Waals surface area (Å²) in [6.45, 7) is 1.95. The molecule has 0 fully saturated rings. The molecule has 0 aliphatic carbocycles. The lowest BCUT2D eigenvalue weighted by Crippen LogP contribution is -2.30. The minimum atomic E-state index is -0.488. The van der Waals surface area contributed by atoms with Crippen LogP contribution in [0.1, 0.15) is 21.5 Å². The average molecular weight is 650 g/mol. The Hall–Kier alpha value is -5.59. The quantitative estimate of drug-likeness (QED) is 0.0596. The molecule has 0 aliphatic heterocycles. The summed E-state index contributed by atoms with van der Waals surface area (Å²) in [7, 11) is 0. The molecule has 230 valence electrons. The van der Waals surface area contributed by atoms with Gasteiger partial charge in [-0.1, -0.05) is 60.2 Å². The highest BCUT2D eigenvalue weighted by atomic mass is 32.2. The minimum Gasteiger partial charge on any atom is -0.321 e. The van der Waals surface area contributed by atoms with Crippen molar-refractivity contribution in [2.45, 2.75) is 11.8 Å². The zero-order valence-electron chi connectivity index (χ0n) is 24.4. The topological polar surface area (TPSA) is 143 Å². The number of nitrogens with zero attached hydrogens (tertiary/aromatic N) is 2. The lowest BCUT2D eigenvalue weighted by atomic mass is 10.1. The zero-order chi connectivity index (χ0) is 32.5. The van der Waals surface area contributed by atoms with Gasteiger partial charge in [-0.2, -0.15) is 0 Å². The number of hydrogen-bond donors (Lipinski definition) is 3. The fraction of sp³-hybridized carbons (Fsp3) is 0.0588. The van der Waals surface area contributed by atoms with Crippen LogP contribution in [0.4, 0.5) is 16.5 Å². The van der Waals surface area contributed by atoms with Gasteiger partial charge in [0, 0.05) is 39.2 Å². The smallest absolute Gasteiger partial charge is 0.272 e. The molecule has 0 aliphatic rings. The van der Waals surface area contributed by atoms with Gasteiger partial charge in [-0.3, -0.25) is 24.5 Å². The van der Waals surface area contributed by atoms with Crippen LogP contribution in [0, 0.1) is 17.0 Å². The number of nitrogens with one attached hydrogen (secondary N) is 3. The van der Waals surface area contributed by atoms with Crippen molar-refractivity contribution in [3.8, 4) is 11.3 Å². The summed E-state index contributed by atoms with van der Waals surface area (Å²) in [6.07, 6.45) is 1.63. The Morgan fingerprint density at radius 3 is 2.41 bits per heavy atom. The molecule has 0 atom stereocenters. The normalized spacial score (nSPS) is 11.0. The molecule has 5 rings (SSSR count). The molecule has 3 amide bonds. The summed E-state index contributed by atoms with van der Waals surface area (Å²) >= 11 is 2.54. The van der Waals surface area contributed by atoms with E-state index in [1.165, 1.54) is 35.2 Å². The Balaban J connectivity index is 1.18. The summed E-state index contributed by atoms with van der Waals surface area (Å²) in [5.74, 6) is -1.04. The molecular weight excluding hydrogens is 623 g/mol. The molecule has 0 unspecified atom stereocenters. The third-order valence-electron chi connectivity index (χ3n) is 6.47. The number of nitro benzene ring substituents is 1. The van der Waals surface area contributed by atoms with Crippen molar-refractivity contribution in [1.29, 1.82) is 0 Å². The molecule has 0 radical (unpaired) electrons. The van der Waals surface area contributed by atoms with Crippen LogP contribution in [0.15, 0.2) is 119 Å². The number of nitro groups is 1. The van der Waals surface area contributed by atoms with E-state index in [-0.39, 0.29) is 23.0 Å². The van der Waals surface area contributed by atoms with E-state index in [9.17, 15) is 24.5 Å². The molecule has 12 heteroatoms. The standard InChI is InChI=1S/C34H27N5O5S2/c1-22-7-5-8-23(17-22)18-29(36-32(41)24-9-3-2-4-10-24)33(42)35-26-13-15-28(16-14-26)45-21-31(40)38-34-37-30(20-46-34)25-11-6-12-27(19-25)39(43)44/h2-20H,21H2,1H3,(H,35,42)(H,36,41)(H,37,38,40)/b29-18-. The number of amides is 3. The van der Waals surface area contributed by atoms with Crippen molar-refractivity contribution in [3.05, 3.63) is 141 Å². The molecule has 10 nitrogen and oxygen atoms in total. The van der Waals surface area contributed by atoms with Crippen molar-refractivity contribution in [2.24, 2.45) is 0 Å². The molecule has 1 heterocycles. The number of thioether (sulfide) groups is 1. The van der Waals surface area contributed by atoms with E-state index in [0.717, 1.165) is 16.0 Å². The van der Waals surface area contributed by atoms with Gasteiger partial charge in [0.1, 0.15) is 5.70 Å². The van der Waals surface area contributed by atoms with Crippen molar-refractivity contribution in [2.75, 3.05) is 16.4 Å². The van der Waals surface area contributed by atoms with Crippen LogP contribution in [0.3, 0.4) is 0 Å². The van der Waals surface area contributed by atoms with Crippen LogP contribution < -0.4 is 16.0 Å². The van der Waals surface area contributed by atoms with Crippen LogP contribution in [0.5, 0.6) is 0 Å². The van der Waals surface area contributed by atoms with E-state index >= 15 is 0 Å². The first-order valence-corrected chi connectivity index (χ1v) is 15.8. The molecule has 0 saturated heterocycles. The number of benzene rings is 4. The summed E-state index contributed by atoms with van der Waals surface area (Å²) in [5, 5.41) is 21.5. The lowest BCUT2D eigenvalue weighted by Gasteiger charge is -2.12. The first-order valence-electron chi connectivity index (χ1n) is 13.9. The monoisotopic (exact) mass is 649 g/mol. The molecule has 0 saturated carbocycles. The highest BCUT2D eigenvalue weighted by Gasteiger charge is 2.16. The van der Waals surface area contributed by atoms with Gasteiger partial charge in [0.25, 0.3) is 17.5 Å². The number of hydrogen-bond acceptors (Lipinski definition) is 8. The second-order valence-corrected chi connectivity index (χ2v) is 11.9. The van der Waals surface area contributed by atoms with E-state index in [1.807, 2.05) is 37.3 Å². The molecule has 5 aromatic rings. The number of carbonyl (C=O) groups is 3. The second-order valence-electron chi connectivity index (χ2n) is 9.95. The Labute approximate surface area is 272 Å². The number of rotatable bonds is 11. The maximum atomic E-state index is 13.3. The van der Waals surface area contributed by atoms with Gasteiger partial charge in [-0.15, -0.1) is 23.1 Å². The lowest BCUT2D eigenvalue weighted by molar-refractivity contribution is -0.384. The van der Waals surface area contributed by atoms with Crippen molar-refractivity contribution in [1.82, 2.24) is 10.3 Å². The van der Waals surface area contributed by atoms with Crippen LogP contribution in [0.2, 0.25) is 0 Å². The van der Waals surface area contributed by atoms with Gasteiger partial charge in [0.15, 0.2) is 5.13 Å². The molecule has 0 bridgehead atoms. The van der Waals surface area contributed by atoms with Gasteiger partial charge < -0.3 is 16.0 Å². The maximum Gasteiger partial charge on any atom is 0.272 e. The van der Waals surface area contributed by atoms with Crippen LogP contribution in [0.25, 0.3) is 17.3 Å². The molecule has 1 aromatic heterocycles. The van der Waals surface area contributed by atoms with Gasteiger partial charge in [0.05, 0.1) is 16.4 Å². The fourth-order valence-corrected chi connectivity index (χ4v) is 5.68. The SMILES string of the molecule is Cc1cccc(/C=C(\NC(=O)c2ccccc2)C(=O)Nc2ccc(SCC(=O)Nc3nc(-c4cccc([N+](=O)[O-])c4)cs3)cc2)c1. The van der Waals surface area contributed by atoms with E-state index in [2.05, 4.69) is 20.9 Å². The van der Waals surface area contributed by atoms with Crippen molar-refractivity contribution < 1.29 is 19.3 Å². The third kappa shape index (κ3) is 8.74. The highest BCUT2D eigenvalue weighted by Crippen LogP contribution is 2.28. The van der Waals surface area contributed by atoms with Gasteiger partial charge in [-0.25, -0.2) is 4.98 Å². The summed E-state index contributed by atoms with van der Waals surface area (Å²) in [4.78, 5) is 54.5.